The highest BCUT2D eigenvalue weighted by molar-refractivity contribution is 6.06. The standard InChI is InChI=1S/C20H26N4O3/c21-13-6-4-12(5-7-13)10-22-16-3-1-2-14-15(16)11-24(20(14)27)17-8-9-18(25)23-19(17)26/h1-3,12-13,17,22H,4-11,21H2,(H,23,25,26). The van der Waals surface area contributed by atoms with E-state index in [4.69, 9.17) is 5.73 Å². The first-order valence-corrected chi connectivity index (χ1v) is 9.79. The van der Waals surface area contributed by atoms with E-state index in [2.05, 4.69) is 10.6 Å². The van der Waals surface area contributed by atoms with Crippen molar-refractivity contribution in [3.05, 3.63) is 29.3 Å². The molecule has 1 atom stereocenters. The largest absolute Gasteiger partial charge is 0.384 e. The number of carbonyl (C=O) groups excluding carboxylic acids is 3. The van der Waals surface area contributed by atoms with Crippen LogP contribution in [-0.4, -0.2) is 41.2 Å². The van der Waals surface area contributed by atoms with Gasteiger partial charge in [-0.1, -0.05) is 6.07 Å². The van der Waals surface area contributed by atoms with Gasteiger partial charge in [-0.05, 0) is 50.2 Å². The minimum atomic E-state index is -0.574. The molecule has 144 valence electrons. The van der Waals surface area contributed by atoms with Gasteiger partial charge in [0.15, 0.2) is 0 Å². The van der Waals surface area contributed by atoms with Crippen molar-refractivity contribution in [2.75, 3.05) is 11.9 Å². The molecule has 3 aliphatic rings. The molecule has 7 nitrogen and oxygen atoms in total. The minimum Gasteiger partial charge on any atom is -0.384 e. The van der Waals surface area contributed by atoms with Crippen LogP contribution in [0, 0.1) is 5.92 Å². The minimum absolute atomic E-state index is 0.133. The topological polar surface area (TPSA) is 105 Å². The second-order valence-corrected chi connectivity index (χ2v) is 7.89. The normalized spacial score (nSPS) is 28.1. The molecule has 2 heterocycles. The number of hydrogen-bond acceptors (Lipinski definition) is 5. The van der Waals surface area contributed by atoms with Gasteiger partial charge in [0.05, 0.1) is 0 Å². The van der Waals surface area contributed by atoms with E-state index in [9.17, 15) is 14.4 Å². The van der Waals surface area contributed by atoms with Crippen molar-refractivity contribution >= 4 is 23.4 Å². The van der Waals surface area contributed by atoms with E-state index in [0.717, 1.165) is 43.5 Å². The van der Waals surface area contributed by atoms with Gasteiger partial charge in [-0.15, -0.1) is 0 Å². The van der Waals surface area contributed by atoms with Gasteiger partial charge in [-0.3, -0.25) is 19.7 Å². The van der Waals surface area contributed by atoms with Crippen LogP contribution in [0.3, 0.4) is 0 Å². The predicted octanol–water partition coefficient (Wildman–Crippen LogP) is 1.38. The Kier molecular flexibility index (Phi) is 4.86. The molecule has 1 saturated heterocycles. The van der Waals surface area contributed by atoms with E-state index in [1.165, 1.54) is 0 Å². The summed E-state index contributed by atoms with van der Waals surface area (Å²) in [6.45, 7) is 1.27. The van der Waals surface area contributed by atoms with Crippen LogP contribution in [0.25, 0.3) is 0 Å². The van der Waals surface area contributed by atoms with Crippen molar-refractivity contribution in [3.8, 4) is 0 Å². The molecular formula is C20H26N4O3. The highest BCUT2D eigenvalue weighted by Crippen LogP contribution is 2.33. The van der Waals surface area contributed by atoms with Crippen LogP contribution >= 0.6 is 0 Å². The lowest BCUT2D eigenvalue weighted by Crippen LogP contribution is -2.52. The molecule has 7 heteroatoms. The molecule has 1 aliphatic carbocycles. The van der Waals surface area contributed by atoms with Crippen molar-refractivity contribution in [2.24, 2.45) is 11.7 Å². The lowest BCUT2D eigenvalue weighted by Gasteiger charge is -2.29. The Morgan fingerprint density at radius 3 is 2.63 bits per heavy atom. The quantitative estimate of drug-likeness (QED) is 0.695. The summed E-state index contributed by atoms with van der Waals surface area (Å²) in [5.41, 5.74) is 8.54. The van der Waals surface area contributed by atoms with Gasteiger partial charge in [-0.25, -0.2) is 0 Å². The Hall–Kier alpha value is -2.41. The molecule has 0 spiro atoms. The van der Waals surface area contributed by atoms with Crippen molar-refractivity contribution in [2.45, 2.75) is 57.2 Å². The number of piperidine rings is 1. The SMILES string of the molecule is NC1CCC(CNc2cccc3c2CN(C2CCC(=O)NC2=O)C3=O)CC1. The maximum absolute atomic E-state index is 12.8. The summed E-state index contributed by atoms with van der Waals surface area (Å²) in [6, 6.07) is 5.45. The van der Waals surface area contributed by atoms with Gasteiger partial charge in [0, 0.05) is 42.4 Å². The van der Waals surface area contributed by atoms with Crippen LogP contribution < -0.4 is 16.4 Å². The van der Waals surface area contributed by atoms with Crippen LogP contribution in [0.4, 0.5) is 5.69 Å². The van der Waals surface area contributed by atoms with Crippen LogP contribution in [0.2, 0.25) is 0 Å². The number of imide groups is 1. The number of nitrogens with two attached hydrogens (primary N) is 1. The van der Waals surface area contributed by atoms with Gasteiger partial charge in [0.2, 0.25) is 11.8 Å². The molecule has 2 fully saturated rings. The van der Waals surface area contributed by atoms with Gasteiger partial charge in [0.1, 0.15) is 6.04 Å². The van der Waals surface area contributed by atoms with Crippen molar-refractivity contribution in [1.29, 1.82) is 0 Å². The Bertz CT molecular complexity index is 770. The lowest BCUT2D eigenvalue weighted by molar-refractivity contribution is -0.136. The molecule has 0 bridgehead atoms. The maximum atomic E-state index is 12.8. The Balaban J connectivity index is 1.46. The number of fused-ring (bicyclic) bond motifs is 1. The molecule has 1 aromatic carbocycles. The van der Waals surface area contributed by atoms with E-state index in [-0.39, 0.29) is 24.1 Å². The average molecular weight is 370 g/mol. The highest BCUT2D eigenvalue weighted by Gasteiger charge is 2.39. The molecule has 2 aliphatic heterocycles. The number of nitrogens with zero attached hydrogens (tertiary/aromatic N) is 1. The fourth-order valence-electron chi connectivity index (χ4n) is 4.40. The molecular weight excluding hydrogens is 344 g/mol. The first kappa shape index (κ1) is 18.0. The van der Waals surface area contributed by atoms with Gasteiger partial charge >= 0.3 is 0 Å². The number of hydrogen-bond donors (Lipinski definition) is 3. The fraction of sp³-hybridized carbons (Fsp3) is 0.550. The number of nitrogens with one attached hydrogen (secondary N) is 2. The third kappa shape index (κ3) is 3.56. The number of carbonyl (C=O) groups is 3. The third-order valence-corrected chi connectivity index (χ3v) is 6.05. The maximum Gasteiger partial charge on any atom is 0.255 e. The number of benzene rings is 1. The molecule has 27 heavy (non-hydrogen) atoms. The molecule has 0 radical (unpaired) electrons. The number of amides is 3. The van der Waals surface area contributed by atoms with Gasteiger partial charge in [0.25, 0.3) is 5.91 Å². The van der Waals surface area contributed by atoms with E-state index < -0.39 is 6.04 Å². The van der Waals surface area contributed by atoms with Crippen LogP contribution in [0.15, 0.2) is 18.2 Å². The molecule has 1 unspecified atom stereocenters. The predicted molar refractivity (Wildman–Crippen MR) is 101 cm³/mol. The van der Waals surface area contributed by atoms with Gasteiger partial charge < -0.3 is 16.0 Å². The van der Waals surface area contributed by atoms with Crippen LogP contribution in [-0.2, 0) is 16.1 Å². The molecule has 1 saturated carbocycles. The summed E-state index contributed by atoms with van der Waals surface area (Å²) in [6.07, 6.45) is 5.05. The second kappa shape index (κ2) is 7.31. The number of rotatable bonds is 4. The average Bonchev–Trinajstić information content (AvgIpc) is 2.99. The molecule has 1 aromatic rings. The van der Waals surface area contributed by atoms with Crippen LogP contribution in [0.1, 0.15) is 54.4 Å². The zero-order chi connectivity index (χ0) is 19.0. The summed E-state index contributed by atoms with van der Waals surface area (Å²) >= 11 is 0. The lowest BCUT2D eigenvalue weighted by atomic mass is 9.86. The summed E-state index contributed by atoms with van der Waals surface area (Å²) in [5.74, 6) is -0.175. The summed E-state index contributed by atoms with van der Waals surface area (Å²) in [4.78, 5) is 38.0. The fourth-order valence-corrected chi connectivity index (χ4v) is 4.40. The van der Waals surface area contributed by atoms with Gasteiger partial charge in [-0.2, -0.15) is 0 Å². The zero-order valence-corrected chi connectivity index (χ0v) is 15.4. The molecule has 0 aromatic heterocycles. The summed E-state index contributed by atoms with van der Waals surface area (Å²) < 4.78 is 0. The van der Waals surface area contributed by atoms with E-state index in [0.29, 0.717) is 30.5 Å². The molecule has 4 rings (SSSR count). The molecule has 4 N–H and O–H groups in total. The van der Waals surface area contributed by atoms with E-state index in [1.54, 1.807) is 4.90 Å². The second-order valence-electron chi connectivity index (χ2n) is 7.89. The van der Waals surface area contributed by atoms with E-state index >= 15 is 0 Å². The highest BCUT2D eigenvalue weighted by atomic mass is 16.2. The van der Waals surface area contributed by atoms with Crippen molar-refractivity contribution in [3.63, 3.8) is 0 Å². The Labute approximate surface area is 158 Å². The van der Waals surface area contributed by atoms with Crippen molar-refractivity contribution in [1.82, 2.24) is 10.2 Å². The molecule has 3 amide bonds. The van der Waals surface area contributed by atoms with Crippen molar-refractivity contribution < 1.29 is 14.4 Å². The Morgan fingerprint density at radius 1 is 1.11 bits per heavy atom. The monoisotopic (exact) mass is 370 g/mol. The summed E-state index contributed by atoms with van der Waals surface area (Å²) in [7, 11) is 0. The van der Waals surface area contributed by atoms with E-state index in [1.807, 2.05) is 18.2 Å². The smallest absolute Gasteiger partial charge is 0.255 e. The summed E-state index contributed by atoms with van der Waals surface area (Å²) in [5, 5.41) is 5.86. The van der Waals surface area contributed by atoms with Crippen LogP contribution in [0.5, 0.6) is 0 Å². The Morgan fingerprint density at radius 2 is 1.89 bits per heavy atom. The number of anilines is 1. The first-order chi connectivity index (χ1) is 13.0. The zero-order valence-electron chi connectivity index (χ0n) is 15.4. The third-order valence-electron chi connectivity index (χ3n) is 6.05. The first-order valence-electron chi connectivity index (χ1n) is 9.79.